The highest BCUT2D eigenvalue weighted by Crippen LogP contribution is 2.30. The van der Waals surface area contributed by atoms with Crippen molar-refractivity contribution in [2.75, 3.05) is 11.5 Å². The van der Waals surface area contributed by atoms with Gasteiger partial charge in [-0.1, -0.05) is 18.2 Å². The Hall–Kier alpha value is -1.08. The van der Waals surface area contributed by atoms with Gasteiger partial charge in [0.1, 0.15) is 0 Å². The van der Waals surface area contributed by atoms with E-state index in [4.69, 9.17) is 0 Å². The third kappa shape index (κ3) is 4.71. The summed E-state index contributed by atoms with van der Waals surface area (Å²) in [5.74, 6) is 0.0939. The maximum atomic E-state index is 12.6. The van der Waals surface area contributed by atoms with Crippen LogP contribution in [0.1, 0.15) is 24.0 Å². The van der Waals surface area contributed by atoms with Gasteiger partial charge in [-0.2, -0.15) is 13.2 Å². The van der Waals surface area contributed by atoms with Crippen molar-refractivity contribution in [3.63, 3.8) is 0 Å². The summed E-state index contributed by atoms with van der Waals surface area (Å²) < 4.78 is 60.4. The molecule has 0 radical (unpaired) electrons. The topological polar surface area (TPSA) is 54.4 Å². The van der Waals surface area contributed by atoms with E-state index in [1.807, 2.05) is 0 Å². The zero-order valence-corrected chi connectivity index (χ0v) is 12.1. The Morgan fingerprint density at radius 2 is 2.05 bits per heavy atom. The van der Waals surface area contributed by atoms with Crippen molar-refractivity contribution in [2.24, 2.45) is 5.92 Å². The first-order valence-electron chi connectivity index (χ1n) is 6.70. The summed E-state index contributed by atoms with van der Waals surface area (Å²) in [7, 11) is -3.00. The summed E-state index contributed by atoms with van der Waals surface area (Å²) in [6, 6.07) is 4.85. The molecule has 1 saturated heterocycles. The van der Waals surface area contributed by atoms with Gasteiger partial charge < -0.3 is 5.11 Å². The van der Waals surface area contributed by atoms with Crippen LogP contribution in [0.15, 0.2) is 24.3 Å². The molecule has 2 rings (SSSR count). The number of sulfone groups is 1. The van der Waals surface area contributed by atoms with Crippen LogP contribution in [0.5, 0.6) is 0 Å². The molecule has 1 fully saturated rings. The van der Waals surface area contributed by atoms with Crippen LogP contribution < -0.4 is 0 Å². The molecule has 0 aliphatic carbocycles. The minimum Gasteiger partial charge on any atom is -0.393 e. The Balaban J connectivity index is 1.95. The number of benzene rings is 1. The lowest BCUT2D eigenvalue weighted by molar-refractivity contribution is -0.137. The van der Waals surface area contributed by atoms with Gasteiger partial charge in [0.15, 0.2) is 9.84 Å². The van der Waals surface area contributed by atoms with Crippen LogP contribution >= 0.6 is 0 Å². The lowest BCUT2D eigenvalue weighted by Gasteiger charge is -2.15. The van der Waals surface area contributed by atoms with Crippen LogP contribution in [0.25, 0.3) is 0 Å². The van der Waals surface area contributed by atoms with E-state index in [-0.39, 0.29) is 23.8 Å². The molecule has 118 valence electrons. The van der Waals surface area contributed by atoms with Crippen LogP contribution in [0.3, 0.4) is 0 Å². The number of halogens is 3. The molecule has 1 heterocycles. The summed E-state index contributed by atoms with van der Waals surface area (Å²) in [6.45, 7) is 0. The monoisotopic (exact) mass is 322 g/mol. The van der Waals surface area contributed by atoms with E-state index in [1.54, 1.807) is 0 Å². The maximum Gasteiger partial charge on any atom is 0.416 e. The van der Waals surface area contributed by atoms with E-state index in [1.165, 1.54) is 12.1 Å². The van der Waals surface area contributed by atoms with Crippen LogP contribution in [0.4, 0.5) is 13.2 Å². The molecule has 21 heavy (non-hydrogen) atoms. The summed E-state index contributed by atoms with van der Waals surface area (Å²) >= 11 is 0. The molecule has 2 atom stereocenters. The van der Waals surface area contributed by atoms with Crippen molar-refractivity contribution in [2.45, 2.75) is 31.5 Å². The summed E-state index contributed by atoms with van der Waals surface area (Å²) in [4.78, 5) is 0. The van der Waals surface area contributed by atoms with Gasteiger partial charge in [0.05, 0.1) is 23.2 Å². The number of hydrogen-bond acceptors (Lipinski definition) is 3. The average molecular weight is 322 g/mol. The first kappa shape index (κ1) is 16.3. The average Bonchev–Trinajstić information content (AvgIpc) is 2.67. The largest absolute Gasteiger partial charge is 0.416 e. The second-order valence-corrected chi connectivity index (χ2v) is 7.79. The van der Waals surface area contributed by atoms with E-state index in [0.29, 0.717) is 18.4 Å². The van der Waals surface area contributed by atoms with E-state index in [9.17, 15) is 26.7 Å². The molecular formula is C14H17F3O3S. The van der Waals surface area contributed by atoms with E-state index < -0.39 is 27.7 Å². The number of rotatable bonds is 4. The fourth-order valence-corrected chi connectivity index (χ4v) is 4.55. The van der Waals surface area contributed by atoms with Gasteiger partial charge in [-0.25, -0.2) is 8.42 Å². The molecule has 1 aromatic rings. The van der Waals surface area contributed by atoms with Crippen molar-refractivity contribution in [3.8, 4) is 0 Å². The second-order valence-electron chi connectivity index (χ2n) is 5.56. The molecular weight excluding hydrogens is 305 g/mol. The highest BCUT2D eigenvalue weighted by atomic mass is 32.2. The van der Waals surface area contributed by atoms with Crippen LogP contribution in [0, 0.1) is 5.92 Å². The zero-order chi connectivity index (χ0) is 15.7. The Morgan fingerprint density at radius 1 is 1.33 bits per heavy atom. The van der Waals surface area contributed by atoms with Crippen LogP contribution in [0.2, 0.25) is 0 Å². The summed E-state index contributed by atoms with van der Waals surface area (Å²) in [6.07, 6.45) is -4.31. The molecule has 7 heteroatoms. The molecule has 0 saturated carbocycles. The van der Waals surface area contributed by atoms with Gasteiger partial charge in [-0.05, 0) is 36.8 Å². The van der Waals surface area contributed by atoms with Gasteiger partial charge in [0.2, 0.25) is 0 Å². The van der Waals surface area contributed by atoms with Gasteiger partial charge in [-0.15, -0.1) is 0 Å². The Morgan fingerprint density at radius 3 is 2.62 bits per heavy atom. The standard InChI is InChI=1S/C14H17F3O3S/c15-14(16,17)12-3-1-2-10(6-12)7-13(18)8-11-4-5-21(19,20)9-11/h1-3,6,11,13,18H,4-5,7-9H2. The van der Waals surface area contributed by atoms with Crippen molar-refractivity contribution in [1.29, 1.82) is 0 Å². The van der Waals surface area contributed by atoms with Gasteiger partial charge in [0.25, 0.3) is 0 Å². The smallest absolute Gasteiger partial charge is 0.393 e. The van der Waals surface area contributed by atoms with Crippen LogP contribution in [-0.4, -0.2) is 31.1 Å². The van der Waals surface area contributed by atoms with Crippen molar-refractivity contribution >= 4 is 9.84 Å². The molecule has 0 amide bonds. The maximum absolute atomic E-state index is 12.6. The predicted molar refractivity (Wildman–Crippen MR) is 72.5 cm³/mol. The third-order valence-corrected chi connectivity index (χ3v) is 5.49. The van der Waals surface area contributed by atoms with Crippen molar-refractivity contribution in [1.82, 2.24) is 0 Å². The first-order valence-corrected chi connectivity index (χ1v) is 8.52. The number of aliphatic hydroxyl groups excluding tert-OH is 1. The Kier molecular flexibility index (Phi) is 4.63. The Labute approximate surface area is 121 Å². The number of alkyl halides is 3. The quantitative estimate of drug-likeness (QED) is 0.926. The minimum absolute atomic E-state index is 0.0622. The highest BCUT2D eigenvalue weighted by Gasteiger charge is 2.31. The zero-order valence-electron chi connectivity index (χ0n) is 11.3. The molecule has 1 aromatic carbocycles. The molecule has 0 aromatic heterocycles. The first-order chi connectivity index (χ1) is 9.66. The molecule has 0 bridgehead atoms. The summed E-state index contributed by atoms with van der Waals surface area (Å²) in [5.41, 5.74) is -0.339. The third-order valence-electron chi connectivity index (χ3n) is 3.66. The Bertz CT molecular complexity index is 596. The fourth-order valence-electron chi connectivity index (χ4n) is 2.67. The van der Waals surface area contributed by atoms with Crippen LogP contribution in [-0.2, 0) is 22.4 Å². The predicted octanol–water partition coefficient (Wildman–Crippen LogP) is 2.43. The lowest BCUT2D eigenvalue weighted by atomic mass is 9.96. The molecule has 2 unspecified atom stereocenters. The molecule has 3 nitrogen and oxygen atoms in total. The number of hydrogen-bond donors (Lipinski definition) is 1. The van der Waals surface area contributed by atoms with E-state index in [2.05, 4.69) is 0 Å². The lowest BCUT2D eigenvalue weighted by Crippen LogP contribution is -2.17. The van der Waals surface area contributed by atoms with E-state index in [0.717, 1.165) is 12.1 Å². The van der Waals surface area contributed by atoms with Gasteiger partial charge >= 0.3 is 6.18 Å². The number of aliphatic hydroxyl groups is 1. The van der Waals surface area contributed by atoms with E-state index >= 15 is 0 Å². The molecule has 1 aliphatic rings. The molecule has 1 N–H and O–H groups in total. The highest BCUT2D eigenvalue weighted by molar-refractivity contribution is 7.91. The fraction of sp³-hybridized carbons (Fsp3) is 0.571. The molecule has 0 spiro atoms. The normalized spacial score (nSPS) is 23.1. The SMILES string of the molecule is O=S1(=O)CCC(CC(O)Cc2cccc(C(F)(F)F)c2)C1. The summed E-state index contributed by atoms with van der Waals surface area (Å²) in [5, 5.41) is 9.95. The molecule has 1 aliphatic heterocycles. The minimum atomic E-state index is -4.40. The second kappa shape index (κ2) is 5.96. The van der Waals surface area contributed by atoms with Gasteiger partial charge in [-0.3, -0.25) is 0 Å². The van der Waals surface area contributed by atoms with Crippen molar-refractivity contribution in [3.05, 3.63) is 35.4 Å². The van der Waals surface area contributed by atoms with Crippen molar-refractivity contribution < 1.29 is 26.7 Å². The van der Waals surface area contributed by atoms with Gasteiger partial charge in [0, 0.05) is 0 Å².